The summed E-state index contributed by atoms with van der Waals surface area (Å²) in [6.07, 6.45) is 1.06. The molecule has 0 radical (unpaired) electrons. The van der Waals surface area contributed by atoms with Gasteiger partial charge in [0.1, 0.15) is 17.8 Å². The summed E-state index contributed by atoms with van der Waals surface area (Å²) in [5.74, 6) is -1.09. The van der Waals surface area contributed by atoms with Crippen molar-refractivity contribution in [2.24, 2.45) is 0 Å². The summed E-state index contributed by atoms with van der Waals surface area (Å²) in [7, 11) is -2.61. The molecule has 9 heteroatoms. The lowest BCUT2D eigenvalue weighted by molar-refractivity contribution is -0.145. The quantitative estimate of drug-likeness (QED) is 0.641. The summed E-state index contributed by atoms with van der Waals surface area (Å²) in [6.45, 7) is 0.232. The second kappa shape index (κ2) is 9.27. The van der Waals surface area contributed by atoms with Gasteiger partial charge < -0.3 is 15.2 Å². The predicted molar refractivity (Wildman–Crippen MR) is 109 cm³/mol. The molecular weight excluding hydrogens is 408 g/mol. The monoisotopic (exact) mass is 432 g/mol. The van der Waals surface area contributed by atoms with Crippen LogP contribution >= 0.6 is 0 Å². The number of nitrogens with one attached hydrogen (secondary N) is 1. The van der Waals surface area contributed by atoms with E-state index in [9.17, 15) is 23.1 Å². The van der Waals surface area contributed by atoms with Crippen molar-refractivity contribution < 1.29 is 27.9 Å². The van der Waals surface area contributed by atoms with Crippen molar-refractivity contribution in [3.05, 3.63) is 60.2 Å². The van der Waals surface area contributed by atoms with Crippen LogP contribution in [0.25, 0.3) is 0 Å². The van der Waals surface area contributed by atoms with E-state index in [1.165, 1.54) is 35.7 Å². The van der Waals surface area contributed by atoms with Gasteiger partial charge in [0.2, 0.25) is 15.9 Å². The Morgan fingerprint density at radius 1 is 1.17 bits per heavy atom. The third-order valence-electron chi connectivity index (χ3n) is 5.03. The maximum atomic E-state index is 13.0. The molecule has 0 saturated carbocycles. The molecule has 2 aromatic rings. The number of amides is 1. The molecule has 2 atom stereocenters. The molecule has 0 aliphatic carbocycles. The van der Waals surface area contributed by atoms with Gasteiger partial charge in [0.15, 0.2) is 0 Å². The Hall–Kier alpha value is -2.91. The number of methoxy groups -OCH3 is 1. The molecule has 8 nitrogen and oxygen atoms in total. The Morgan fingerprint density at radius 3 is 2.47 bits per heavy atom. The predicted octanol–water partition coefficient (Wildman–Crippen LogP) is 1.45. The number of sulfonamides is 1. The van der Waals surface area contributed by atoms with E-state index in [0.717, 1.165) is 0 Å². The molecule has 160 valence electrons. The minimum Gasteiger partial charge on any atom is -0.508 e. The first-order valence-corrected chi connectivity index (χ1v) is 11.0. The van der Waals surface area contributed by atoms with Gasteiger partial charge in [0.25, 0.3) is 0 Å². The minimum atomic E-state index is -3.83. The van der Waals surface area contributed by atoms with Crippen LogP contribution in [0.5, 0.6) is 5.75 Å². The number of phenolic OH excluding ortho intramolecular Hbond substituents is 1. The van der Waals surface area contributed by atoms with E-state index in [1.54, 1.807) is 30.3 Å². The highest BCUT2D eigenvalue weighted by atomic mass is 32.2. The SMILES string of the molecule is COC(=O)[C@H](Cc1ccc(O)cc1)NC(=O)[C@H]1CCCN1S(=O)(=O)c1ccccc1. The number of ether oxygens (including phenoxy) is 1. The zero-order valence-electron chi connectivity index (χ0n) is 16.5. The van der Waals surface area contributed by atoms with Crippen molar-refractivity contribution in [2.75, 3.05) is 13.7 Å². The molecule has 0 aromatic heterocycles. The highest BCUT2D eigenvalue weighted by molar-refractivity contribution is 7.89. The third kappa shape index (κ3) is 4.80. The standard InChI is InChI=1S/C21H24N2O6S/c1-29-21(26)18(14-15-9-11-16(24)12-10-15)22-20(25)19-8-5-13-23(19)30(27,28)17-6-3-2-4-7-17/h2-4,6-7,9-12,18-19,24H,5,8,13-14H2,1H3,(H,22,25)/t18-,19+/m0/s1. The van der Waals surface area contributed by atoms with Crippen molar-refractivity contribution in [3.8, 4) is 5.75 Å². The van der Waals surface area contributed by atoms with E-state index >= 15 is 0 Å². The van der Waals surface area contributed by atoms with E-state index < -0.39 is 34.0 Å². The second-order valence-corrected chi connectivity index (χ2v) is 8.93. The summed E-state index contributed by atoms with van der Waals surface area (Å²) >= 11 is 0. The van der Waals surface area contributed by atoms with Crippen molar-refractivity contribution in [2.45, 2.75) is 36.2 Å². The first-order chi connectivity index (χ1) is 14.3. The van der Waals surface area contributed by atoms with Crippen LogP contribution in [-0.2, 0) is 30.8 Å². The van der Waals surface area contributed by atoms with E-state index in [4.69, 9.17) is 4.74 Å². The number of hydrogen-bond donors (Lipinski definition) is 2. The van der Waals surface area contributed by atoms with Crippen LogP contribution < -0.4 is 5.32 Å². The Balaban J connectivity index is 1.77. The Labute approximate surface area is 175 Å². The average Bonchev–Trinajstić information content (AvgIpc) is 3.26. The molecule has 1 aliphatic rings. The Bertz CT molecular complexity index is 992. The molecule has 1 aliphatic heterocycles. The molecule has 0 bridgehead atoms. The number of rotatable bonds is 7. The molecule has 2 N–H and O–H groups in total. The molecule has 1 heterocycles. The Kier molecular flexibility index (Phi) is 6.73. The normalized spacial score (nSPS) is 18.0. The van der Waals surface area contributed by atoms with Gasteiger partial charge in [-0.15, -0.1) is 0 Å². The molecular formula is C21H24N2O6S. The smallest absolute Gasteiger partial charge is 0.328 e. The van der Waals surface area contributed by atoms with E-state index in [-0.39, 0.29) is 23.6 Å². The molecule has 3 rings (SSSR count). The number of carbonyl (C=O) groups excluding carboxylic acids is 2. The largest absolute Gasteiger partial charge is 0.508 e. The molecule has 30 heavy (non-hydrogen) atoms. The van der Waals surface area contributed by atoms with Gasteiger partial charge >= 0.3 is 5.97 Å². The summed E-state index contributed by atoms with van der Waals surface area (Å²) in [6, 6.07) is 12.3. The maximum Gasteiger partial charge on any atom is 0.328 e. The van der Waals surface area contributed by atoms with Gasteiger partial charge in [-0.3, -0.25) is 4.79 Å². The number of phenols is 1. The minimum absolute atomic E-state index is 0.0881. The van der Waals surface area contributed by atoms with Gasteiger partial charge in [-0.05, 0) is 42.7 Å². The van der Waals surface area contributed by atoms with Crippen molar-refractivity contribution in [1.82, 2.24) is 9.62 Å². The fourth-order valence-corrected chi connectivity index (χ4v) is 5.17. The zero-order valence-corrected chi connectivity index (χ0v) is 17.3. The van der Waals surface area contributed by atoms with Crippen molar-refractivity contribution in [3.63, 3.8) is 0 Å². The number of carbonyl (C=O) groups is 2. The van der Waals surface area contributed by atoms with Gasteiger partial charge in [-0.1, -0.05) is 30.3 Å². The second-order valence-electron chi connectivity index (χ2n) is 7.04. The Morgan fingerprint density at radius 2 is 1.83 bits per heavy atom. The average molecular weight is 432 g/mol. The summed E-state index contributed by atoms with van der Waals surface area (Å²) < 4.78 is 31.9. The lowest BCUT2D eigenvalue weighted by atomic mass is 10.1. The number of benzene rings is 2. The van der Waals surface area contributed by atoms with Crippen LogP contribution in [-0.4, -0.2) is 55.4 Å². The maximum absolute atomic E-state index is 13.0. The fourth-order valence-electron chi connectivity index (χ4n) is 3.49. The summed E-state index contributed by atoms with van der Waals surface area (Å²) in [5, 5.41) is 12.1. The molecule has 1 saturated heterocycles. The first-order valence-electron chi connectivity index (χ1n) is 9.56. The molecule has 2 aromatic carbocycles. The van der Waals surface area contributed by atoms with Gasteiger partial charge in [-0.25, -0.2) is 13.2 Å². The van der Waals surface area contributed by atoms with Gasteiger partial charge in [0, 0.05) is 13.0 Å². The van der Waals surface area contributed by atoms with Crippen LogP contribution in [0, 0.1) is 0 Å². The number of aromatic hydroxyl groups is 1. The lowest BCUT2D eigenvalue weighted by Gasteiger charge is -2.25. The molecule has 1 fully saturated rings. The summed E-state index contributed by atoms with van der Waals surface area (Å²) in [5.41, 5.74) is 0.712. The van der Waals surface area contributed by atoms with E-state index in [0.29, 0.717) is 18.4 Å². The van der Waals surface area contributed by atoms with Crippen LogP contribution in [0.1, 0.15) is 18.4 Å². The number of esters is 1. The van der Waals surface area contributed by atoms with Gasteiger partial charge in [-0.2, -0.15) is 4.31 Å². The van der Waals surface area contributed by atoms with Crippen LogP contribution in [0.3, 0.4) is 0 Å². The van der Waals surface area contributed by atoms with Crippen molar-refractivity contribution in [1.29, 1.82) is 0 Å². The van der Waals surface area contributed by atoms with Crippen LogP contribution in [0.15, 0.2) is 59.5 Å². The van der Waals surface area contributed by atoms with Crippen LogP contribution in [0.4, 0.5) is 0 Å². The molecule has 0 spiro atoms. The molecule has 1 amide bonds. The number of nitrogens with zero attached hydrogens (tertiary/aromatic N) is 1. The molecule has 0 unspecified atom stereocenters. The highest BCUT2D eigenvalue weighted by Gasteiger charge is 2.40. The summed E-state index contributed by atoms with van der Waals surface area (Å²) in [4.78, 5) is 25.3. The van der Waals surface area contributed by atoms with Crippen molar-refractivity contribution >= 4 is 21.9 Å². The topological polar surface area (TPSA) is 113 Å². The fraction of sp³-hybridized carbons (Fsp3) is 0.333. The first kappa shape index (κ1) is 21.8. The van der Waals surface area contributed by atoms with Crippen LogP contribution in [0.2, 0.25) is 0 Å². The zero-order chi connectivity index (χ0) is 21.7. The lowest BCUT2D eigenvalue weighted by Crippen LogP contribution is -2.51. The number of hydrogen-bond acceptors (Lipinski definition) is 6. The van der Waals surface area contributed by atoms with E-state index in [1.807, 2.05) is 0 Å². The van der Waals surface area contributed by atoms with E-state index in [2.05, 4.69) is 5.32 Å². The highest BCUT2D eigenvalue weighted by Crippen LogP contribution is 2.26. The van der Waals surface area contributed by atoms with Gasteiger partial charge in [0.05, 0.1) is 12.0 Å². The third-order valence-corrected chi connectivity index (χ3v) is 6.96.